The molecule has 0 unspecified atom stereocenters. The molecule has 120 valence electrons. The quantitative estimate of drug-likeness (QED) is 0.788. The molecule has 3 rings (SSSR count). The van der Waals surface area contributed by atoms with E-state index in [2.05, 4.69) is 10.2 Å². The normalized spacial score (nSPS) is 18.4. The number of amides is 2. The molecule has 2 aliphatic rings. The summed E-state index contributed by atoms with van der Waals surface area (Å²) in [5.41, 5.74) is 0. The van der Waals surface area contributed by atoms with Crippen LogP contribution in [0.25, 0.3) is 0 Å². The molecule has 0 aliphatic heterocycles. The first kappa shape index (κ1) is 15.1. The fourth-order valence-corrected chi connectivity index (χ4v) is 3.31. The molecule has 2 amide bonds. The largest absolute Gasteiger partial charge is 0.459 e. The molecule has 2 fully saturated rings. The van der Waals surface area contributed by atoms with E-state index in [4.69, 9.17) is 4.42 Å². The molecule has 0 atom stereocenters. The Balaban J connectivity index is 1.40. The highest BCUT2D eigenvalue weighted by Crippen LogP contribution is 2.34. The number of carbonyl (C=O) groups is 2. The predicted molar refractivity (Wildman–Crippen MR) is 82.4 cm³/mol. The van der Waals surface area contributed by atoms with Crippen molar-refractivity contribution in [3.63, 3.8) is 0 Å². The minimum absolute atomic E-state index is 0.215. The molecular weight excluding hydrogens is 280 g/mol. The summed E-state index contributed by atoms with van der Waals surface area (Å²) in [7, 11) is 0. The SMILES string of the molecule is O=C(NCCCC(=O)N(C1CCCC1)C1CC1)c1ccco1. The number of furan rings is 1. The zero-order valence-corrected chi connectivity index (χ0v) is 12.9. The Bertz CT molecular complexity index is 502. The average Bonchev–Trinajstić information content (AvgIpc) is 3.00. The number of hydrogen-bond acceptors (Lipinski definition) is 3. The molecule has 1 aromatic heterocycles. The number of rotatable bonds is 7. The molecule has 5 nitrogen and oxygen atoms in total. The summed E-state index contributed by atoms with van der Waals surface area (Å²) in [6.45, 7) is 0.508. The van der Waals surface area contributed by atoms with Gasteiger partial charge in [0.25, 0.3) is 5.91 Å². The molecule has 2 saturated carbocycles. The van der Waals surface area contributed by atoms with Crippen molar-refractivity contribution >= 4 is 11.8 Å². The lowest BCUT2D eigenvalue weighted by Crippen LogP contribution is -2.40. The van der Waals surface area contributed by atoms with Gasteiger partial charge in [0.2, 0.25) is 5.91 Å². The molecule has 1 N–H and O–H groups in total. The third kappa shape index (κ3) is 3.70. The van der Waals surface area contributed by atoms with Gasteiger partial charge in [-0.05, 0) is 44.2 Å². The van der Waals surface area contributed by atoms with Crippen molar-refractivity contribution in [2.45, 2.75) is 63.5 Å². The Morgan fingerprint density at radius 3 is 2.55 bits per heavy atom. The standard InChI is InChI=1S/C17H24N2O3/c20-16(19(14-9-10-14)13-5-1-2-6-13)8-3-11-18-17(21)15-7-4-12-22-15/h4,7,12-14H,1-3,5-6,8-11H2,(H,18,21). The number of nitrogens with zero attached hydrogens (tertiary/aromatic N) is 1. The number of nitrogens with one attached hydrogen (secondary N) is 1. The summed E-state index contributed by atoms with van der Waals surface area (Å²) in [6, 6.07) is 4.29. The average molecular weight is 304 g/mol. The van der Waals surface area contributed by atoms with Crippen LogP contribution < -0.4 is 5.32 Å². The van der Waals surface area contributed by atoms with Crippen molar-refractivity contribution in [3.05, 3.63) is 24.2 Å². The molecular formula is C17H24N2O3. The molecule has 0 radical (unpaired) electrons. The topological polar surface area (TPSA) is 62.6 Å². The smallest absolute Gasteiger partial charge is 0.286 e. The van der Waals surface area contributed by atoms with E-state index < -0.39 is 0 Å². The zero-order chi connectivity index (χ0) is 15.4. The first-order valence-electron chi connectivity index (χ1n) is 8.38. The third-order valence-corrected chi connectivity index (χ3v) is 4.54. The van der Waals surface area contributed by atoms with Crippen LogP contribution in [0.5, 0.6) is 0 Å². The van der Waals surface area contributed by atoms with E-state index in [0.29, 0.717) is 37.2 Å². The Kier molecular flexibility index (Phi) is 4.80. The van der Waals surface area contributed by atoms with Crippen LogP contribution in [0.3, 0.4) is 0 Å². The monoisotopic (exact) mass is 304 g/mol. The Morgan fingerprint density at radius 1 is 1.18 bits per heavy atom. The minimum atomic E-state index is -0.215. The summed E-state index contributed by atoms with van der Waals surface area (Å²) in [5, 5.41) is 2.79. The van der Waals surface area contributed by atoms with Gasteiger partial charge in [-0.1, -0.05) is 12.8 Å². The van der Waals surface area contributed by atoms with E-state index in [0.717, 1.165) is 25.7 Å². The van der Waals surface area contributed by atoms with Crippen LogP contribution in [0.2, 0.25) is 0 Å². The lowest BCUT2D eigenvalue weighted by Gasteiger charge is -2.29. The van der Waals surface area contributed by atoms with Crippen molar-refractivity contribution in [2.24, 2.45) is 0 Å². The fourth-order valence-electron chi connectivity index (χ4n) is 3.31. The van der Waals surface area contributed by atoms with E-state index in [1.54, 1.807) is 12.1 Å². The first-order chi connectivity index (χ1) is 10.8. The van der Waals surface area contributed by atoms with Gasteiger partial charge in [-0.25, -0.2) is 0 Å². The van der Waals surface area contributed by atoms with Crippen molar-refractivity contribution in [1.29, 1.82) is 0 Å². The number of carbonyl (C=O) groups excluding carboxylic acids is 2. The Labute approximate surface area is 131 Å². The lowest BCUT2D eigenvalue weighted by atomic mass is 10.1. The second-order valence-corrected chi connectivity index (χ2v) is 6.31. The van der Waals surface area contributed by atoms with E-state index >= 15 is 0 Å². The molecule has 0 aromatic carbocycles. The fraction of sp³-hybridized carbons (Fsp3) is 0.647. The summed E-state index contributed by atoms with van der Waals surface area (Å²) >= 11 is 0. The Morgan fingerprint density at radius 2 is 1.91 bits per heavy atom. The van der Waals surface area contributed by atoms with Crippen LogP contribution >= 0.6 is 0 Å². The van der Waals surface area contributed by atoms with Gasteiger partial charge >= 0.3 is 0 Å². The molecule has 2 aliphatic carbocycles. The molecule has 0 bridgehead atoms. The molecule has 22 heavy (non-hydrogen) atoms. The highest BCUT2D eigenvalue weighted by Gasteiger charge is 2.37. The molecule has 0 spiro atoms. The van der Waals surface area contributed by atoms with Gasteiger partial charge in [-0.3, -0.25) is 9.59 Å². The van der Waals surface area contributed by atoms with Crippen LogP contribution in [0, 0.1) is 0 Å². The summed E-state index contributed by atoms with van der Waals surface area (Å²) in [5.74, 6) is 0.367. The molecule has 1 aromatic rings. The van der Waals surface area contributed by atoms with Crippen LogP contribution in [0.4, 0.5) is 0 Å². The van der Waals surface area contributed by atoms with Crippen molar-refractivity contribution in [2.75, 3.05) is 6.54 Å². The van der Waals surface area contributed by atoms with Gasteiger partial charge in [-0.15, -0.1) is 0 Å². The van der Waals surface area contributed by atoms with Crippen molar-refractivity contribution in [1.82, 2.24) is 10.2 Å². The van der Waals surface area contributed by atoms with Gasteiger partial charge in [0.1, 0.15) is 0 Å². The number of hydrogen-bond donors (Lipinski definition) is 1. The maximum absolute atomic E-state index is 12.5. The van der Waals surface area contributed by atoms with Crippen LogP contribution in [0.1, 0.15) is 61.9 Å². The Hall–Kier alpha value is -1.78. The van der Waals surface area contributed by atoms with Crippen molar-refractivity contribution < 1.29 is 14.0 Å². The highest BCUT2D eigenvalue weighted by molar-refractivity contribution is 5.91. The van der Waals surface area contributed by atoms with E-state index in [-0.39, 0.29) is 11.8 Å². The van der Waals surface area contributed by atoms with Crippen LogP contribution in [-0.4, -0.2) is 35.3 Å². The van der Waals surface area contributed by atoms with Crippen molar-refractivity contribution in [3.8, 4) is 0 Å². The predicted octanol–water partition coefficient (Wildman–Crippen LogP) is 2.72. The maximum Gasteiger partial charge on any atom is 0.286 e. The summed E-state index contributed by atoms with van der Waals surface area (Å²) in [6.07, 6.45) is 9.84. The van der Waals surface area contributed by atoms with E-state index in [1.165, 1.54) is 19.1 Å². The molecule has 1 heterocycles. The van der Waals surface area contributed by atoms with E-state index in [1.807, 2.05) is 0 Å². The van der Waals surface area contributed by atoms with Gasteiger partial charge in [-0.2, -0.15) is 0 Å². The maximum atomic E-state index is 12.5. The second kappa shape index (κ2) is 6.99. The molecule has 0 saturated heterocycles. The van der Waals surface area contributed by atoms with Gasteiger partial charge in [0, 0.05) is 25.0 Å². The summed E-state index contributed by atoms with van der Waals surface area (Å²) < 4.78 is 5.03. The van der Waals surface area contributed by atoms with E-state index in [9.17, 15) is 9.59 Å². The summed E-state index contributed by atoms with van der Waals surface area (Å²) in [4.78, 5) is 26.3. The first-order valence-corrected chi connectivity index (χ1v) is 8.38. The second-order valence-electron chi connectivity index (χ2n) is 6.31. The molecule has 5 heteroatoms. The zero-order valence-electron chi connectivity index (χ0n) is 12.9. The van der Waals surface area contributed by atoms with Gasteiger partial charge < -0.3 is 14.6 Å². The third-order valence-electron chi connectivity index (χ3n) is 4.54. The highest BCUT2D eigenvalue weighted by atomic mass is 16.3. The van der Waals surface area contributed by atoms with Gasteiger partial charge in [0.05, 0.1) is 6.26 Å². The lowest BCUT2D eigenvalue weighted by molar-refractivity contribution is -0.134. The minimum Gasteiger partial charge on any atom is -0.459 e. The van der Waals surface area contributed by atoms with Crippen LogP contribution in [-0.2, 0) is 4.79 Å². The van der Waals surface area contributed by atoms with Crippen LogP contribution in [0.15, 0.2) is 22.8 Å². The van der Waals surface area contributed by atoms with Gasteiger partial charge in [0.15, 0.2) is 5.76 Å².